The first-order valence-electron chi connectivity index (χ1n) is 6.96. The number of carboxylic acid groups (broad SMARTS) is 1. The second-order valence-corrected chi connectivity index (χ2v) is 5.55. The number of carbonyl (C=O) groups is 2. The first-order chi connectivity index (χ1) is 10.4. The molecule has 1 aromatic carbocycles. The van der Waals surface area contributed by atoms with Crippen molar-refractivity contribution in [1.29, 1.82) is 0 Å². The zero-order valence-electron chi connectivity index (χ0n) is 12.3. The molecule has 1 amide bonds. The monoisotopic (exact) mass is 304 g/mol. The van der Waals surface area contributed by atoms with Crippen molar-refractivity contribution in [2.45, 2.75) is 26.3 Å². The highest BCUT2D eigenvalue weighted by molar-refractivity contribution is 5.99. The fraction of sp³-hybridized carbons (Fsp3) is 0.312. The van der Waals surface area contributed by atoms with Crippen molar-refractivity contribution in [1.82, 2.24) is 10.3 Å². The van der Waals surface area contributed by atoms with Crippen molar-refractivity contribution in [3.8, 4) is 0 Å². The van der Waals surface area contributed by atoms with Gasteiger partial charge >= 0.3 is 5.97 Å². The summed E-state index contributed by atoms with van der Waals surface area (Å²) < 4.78 is 13.2. The molecule has 0 unspecified atom stereocenters. The summed E-state index contributed by atoms with van der Waals surface area (Å²) in [5, 5.41) is 12.1. The van der Waals surface area contributed by atoms with Gasteiger partial charge in [-0.15, -0.1) is 0 Å². The number of pyridine rings is 1. The lowest BCUT2D eigenvalue weighted by Gasteiger charge is -2.16. The first-order valence-corrected chi connectivity index (χ1v) is 6.96. The molecule has 116 valence electrons. The lowest BCUT2D eigenvalue weighted by atomic mass is 10.0. The van der Waals surface area contributed by atoms with Crippen LogP contribution >= 0.6 is 0 Å². The summed E-state index contributed by atoms with van der Waals surface area (Å²) >= 11 is 0. The number of aliphatic carboxylic acids is 1. The fourth-order valence-corrected chi connectivity index (χ4v) is 2.16. The zero-order chi connectivity index (χ0) is 16.3. The van der Waals surface area contributed by atoms with Crippen molar-refractivity contribution < 1.29 is 19.1 Å². The van der Waals surface area contributed by atoms with Gasteiger partial charge in [0.25, 0.3) is 5.91 Å². The number of amides is 1. The van der Waals surface area contributed by atoms with Gasteiger partial charge in [0.05, 0.1) is 11.1 Å². The standard InChI is InChI=1S/C16H17FN2O3/c1-9(2)5-14(16(21)22)19-15(20)11-6-10-7-12(17)3-4-13(10)18-8-11/h3-4,6-9,14H,5H2,1-2H3,(H,19,20)(H,21,22)/t14-/m1/s1. The highest BCUT2D eigenvalue weighted by atomic mass is 19.1. The maximum absolute atomic E-state index is 13.2. The topological polar surface area (TPSA) is 79.3 Å². The summed E-state index contributed by atoms with van der Waals surface area (Å²) in [7, 11) is 0. The van der Waals surface area contributed by atoms with Crippen LogP contribution in [0.4, 0.5) is 4.39 Å². The van der Waals surface area contributed by atoms with Crippen molar-refractivity contribution >= 4 is 22.8 Å². The Bertz CT molecular complexity index is 716. The average Bonchev–Trinajstić information content (AvgIpc) is 2.45. The number of nitrogens with one attached hydrogen (secondary N) is 1. The third kappa shape index (κ3) is 3.78. The van der Waals surface area contributed by atoms with E-state index in [1.54, 1.807) is 0 Å². The number of fused-ring (bicyclic) bond motifs is 1. The third-order valence-electron chi connectivity index (χ3n) is 3.22. The predicted octanol–water partition coefficient (Wildman–Crippen LogP) is 2.60. The van der Waals surface area contributed by atoms with Crippen molar-refractivity contribution in [3.63, 3.8) is 0 Å². The Morgan fingerprint density at radius 1 is 1.32 bits per heavy atom. The van der Waals surface area contributed by atoms with Crippen molar-refractivity contribution in [2.75, 3.05) is 0 Å². The van der Waals surface area contributed by atoms with Crippen LogP contribution < -0.4 is 5.32 Å². The van der Waals surface area contributed by atoms with Crippen molar-refractivity contribution in [2.24, 2.45) is 5.92 Å². The Kier molecular flexibility index (Phi) is 4.70. The van der Waals surface area contributed by atoms with Gasteiger partial charge < -0.3 is 10.4 Å². The van der Waals surface area contributed by atoms with Crippen LogP contribution in [0.2, 0.25) is 0 Å². The number of nitrogens with zero attached hydrogens (tertiary/aromatic N) is 1. The van der Waals surface area contributed by atoms with Gasteiger partial charge in [-0.1, -0.05) is 13.8 Å². The fourth-order valence-electron chi connectivity index (χ4n) is 2.16. The van der Waals surface area contributed by atoms with Gasteiger partial charge in [-0.3, -0.25) is 9.78 Å². The average molecular weight is 304 g/mol. The lowest BCUT2D eigenvalue weighted by molar-refractivity contribution is -0.139. The van der Waals surface area contributed by atoms with Crippen LogP contribution in [0.1, 0.15) is 30.6 Å². The molecule has 0 spiro atoms. The highest BCUT2D eigenvalue weighted by Gasteiger charge is 2.22. The highest BCUT2D eigenvalue weighted by Crippen LogP contribution is 2.15. The van der Waals surface area contributed by atoms with E-state index in [9.17, 15) is 14.0 Å². The molecule has 0 radical (unpaired) electrons. The van der Waals surface area contributed by atoms with Gasteiger partial charge in [0.15, 0.2) is 0 Å². The molecular weight excluding hydrogens is 287 g/mol. The Labute approximate surface area is 127 Å². The van der Waals surface area contributed by atoms with E-state index in [2.05, 4.69) is 10.3 Å². The number of hydrogen-bond donors (Lipinski definition) is 2. The van der Waals surface area contributed by atoms with E-state index in [1.165, 1.54) is 30.5 Å². The van der Waals surface area contributed by atoms with E-state index in [-0.39, 0.29) is 11.5 Å². The van der Waals surface area contributed by atoms with E-state index >= 15 is 0 Å². The van der Waals surface area contributed by atoms with Crippen LogP contribution in [0.15, 0.2) is 30.5 Å². The molecule has 0 saturated carbocycles. The van der Waals surface area contributed by atoms with E-state index in [1.807, 2.05) is 13.8 Å². The molecule has 6 heteroatoms. The molecule has 2 rings (SSSR count). The first kappa shape index (κ1) is 15.9. The number of benzene rings is 1. The number of carbonyl (C=O) groups excluding carboxylic acids is 1. The van der Waals surface area contributed by atoms with E-state index in [0.29, 0.717) is 17.3 Å². The minimum atomic E-state index is -1.08. The summed E-state index contributed by atoms with van der Waals surface area (Å²) in [6, 6.07) is 4.62. The molecule has 0 saturated heterocycles. The zero-order valence-corrected chi connectivity index (χ0v) is 12.3. The molecule has 0 aliphatic carbocycles. The smallest absolute Gasteiger partial charge is 0.326 e. The lowest BCUT2D eigenvalue weighted by Crippen LogP contribution is -2.41. The maximum Gasteiger partial charge on any atom is 0.326 e. The van der Waals surface area contributed by atoms with Gasteiger partial charge in [-0.25, -0.2) is 9.18 Å². The van der Waals surface area contributed by atoms with Gasteiger partial charge in [0, 0.05) is 11.6 Å². The molecule has 0 fully saturated rings. The molecule has 1 aromatic heterocycles. The Morgan fingerprint density at radius 2 is 2.05 bits per heavy atom. The second kappa shape index (κ2) is 6.51. The van der Waals surface area contributed by atoms with E-state index in [0.717, 1.165) is 0 Å². The minimum Gasteiger partial charge on any atom is -0.480 e. The van der Waals surface area contributed by atoms with Gasteiger partial charge in [-0.05, 0) is 36.6 Å². The summed E-state index contributed by atoms with van der Waals surface area (Å²) in [5.74, 6) is -1.91. The Balaban J connectivity index is 2.23. The van der Waals surface area contributed by atoms with Gasteiger partial charge in [0.1, 0.15) is 11.9 Å². The summed E-state index contributed by atoms with van der Waals surface area (Å²) in [4.78, 5) is 27.4. The minimum absolute atomic E-state index is 0.130. The quantitative estimate of drug-likeness (QED) is 0.890. The van der Waals surface area contributed by atoms with Gasteiger partial charge in [0.2, 0.25) is 0 Å². The Morgan fingerprint density at radius 3 is 2.68 bits per heavy atom. The van der Waals surface area contributed by atoms with Crippen LogP contribution in [0.5, 0.6) is 0 Å². The number of hydrogen-bond acceptors (Lipinski definition) is 3. The number of rotatable bonds is 5. The summed E-state index contributed by atoms with van der Waals surface area (Å²) in [6.45, 7) is 3.75. The molecule has 1 heterocycles. The summed E-state index contributed by atoms with van der Waals surface area (Å²) in [6.07, 6.45) is 1.68. The number of carboxylic acids is 1. The van der Waals surface area contributed by atoms with Crippen LogP contribution in [0.3, 0.4) is 0 Å². The number of halogens is 1. The molecule has 0 bridgehead atoms. The van der Waals surface area contributed by atoms with E-state index in [4.69, 9.17) is 5.11 Å². The largest absolute Gasteiger partial charge is 0.480 e. The van der Waals surface area contributed by atoms with Crippen LogP contribution in [0, 0.1) is 11.7 Å². The van der Waals surface area contributed by atoms with Crippen LogP contribution in [0.25, 0.3) is 10.9 Å². The van der Waals surface area contributed by atoms with E-state index < -0.39 is 23.7 Å². The van der Waals surface area contributed by atoms with Crippen LogP contribution in [-0.4, -0.2) is 28.0 Å². The van der Waals surface area contributed by atoms with Crippen LogP contribution in [-0.2, 0) is 4.79 Å². The molecule has 2 N–H and O–H groups in total. The third-order valence-corrected chi connectivity index (χ3v) is 3.22. The predicted molar refractivity (Wildman–Crippen MR) is 80.0 cm³/mol. The molecule has 0 aliphatic rings. The molecule has 5 nitrogen and oxygen atoms in total. The molecule has 1 atom stereocenters. The second-order valence-electron chi connectivity index (χ2n) is 5.55. The maximum atomic E-state index is 13.2. The summed E-state index contributed by atoms with van der Waals surface area (Å²) in [5.41, 5.74) is 0.767. The molecule has 2 aromatic rings. The molecule has 0 aliphatic heterocycles. The Hall–Kier alpha value is -2.50. The van der Waals surface area contributed by atoms with Gasteiger partial charge in [-0.2, -0.15) is 0 Å². The normalized spacial score (nSPS) is 12.4. The SMILES string of the molecule is CC(C)C[C@@H](NC(=O)c1cnc2ccc(F)cc2c1)C(=O)O. The molecular formula is C16H17FN2O3. The molecule has 22 heavy (non-hydrogen) atoms. The number of aromatic nitrogens is 1. The van der Waals surface area contributed by atoms with Crippen molar-refractivity contribution in [3.05, 3.63) is 41.8 Å².